The van der Waals surface area contributed by atoms with Crippen LogP contribution in [0.1, 0.15) is 45.0 Å². The van der Waals surface area contributed by atoms with Gasteiger partial charge < -0.3 is 10.4 Å². The number of H-pyrrole nitrogens is 1. The number of carboxylic acids is 1. The van der Waals surface area contributed by atoms with Crippen molar-refractivity contribution in [1.29, 1.82) is 0 Å². The number of rotatable bonds is 5. The summed E-state index contributed by atoms with van der Waals surface area (Å²) in [5.74, 6) is -1.54. The van der Waals surface area contributed by atoms with E-state index in [4.69, 9.17) is 0 Å². The van der Waals surface area contributed by atoms with Crippen molar-refractivity contribution in [2.45, 2.75) is 39.2 Å². The van der Waals surface area contributed by atoms with Gasteiger partial charge in [-0.1, -0.05) is 18.6 Å². The van der Waals surface area contributed by atoms with E-state index in [1.807, 2.05) is 6.92 Å². The third-order valence-electron chi connectivity index (χ3n) is 4.00. The number of nitrogens with one attached hydrogen (secondary N) is 2. The maximum absolute atomic E-state index is 12.3. The van der Waals surface area contributed by atoms with Gasteiger partial charge in [0.25, 0.3) is 0 Å². The van der Waals surface area contributed by atoms with Gasteiger partial charge in [0, 0.05) is 0 Å². The van der Waals surface area contributed by atoms with E-state index in [1.54, 1.807) is 6.92 Å². The lowest BCUT2D eigenvalue weighted by Crippen LogP contribution is -2.37. The molecular formula is C12H19N5O3. The topological polar surface area (TPSA) is 121 Å². The molecule has 1 saturated carbocycles. The van der Waals surface area contributed by atoms with Crippen molar-refractivity contribution in [3.63, 3.8) is 0 Å². The first-order chi connectivity index (χ1) is 9.52. The van der Waals surface area contributed by atoms with Gasteiger partial charge in [-0.2, -0.15) is 5.21 Å². The van der Waals surface area contributed by atoms with E-state index in [-0.39, 0.29) is 5.91 Å². The zero-order valence-electron chi connectivity index (χ0n) is 11.5. The molecule has 1 heterocycles. The molecule has 0 bridgehead atoms. The summed E-state index contributed by atoms with van der Waals surface area (Å²) in [5, 5.41) is 25.4. The van der Waals surface area contributed by atoms with E-state index < -0.39 is 23.8 Å². The van der Waals surface area contributed by atoms with Crippen LogP contribution >= 0.6 is 0 Å². The number of carboxylic acid groups (broad SMARTS) is 1. The van der Waals surface area contributed by atoms with Gasteiger partial charge in [-0.3, -0.25) is 9.59 Å². The first-order valence-corrected chi connectivity index (χ1v) is 6.79. The van der Waals surface area contributed by atoms with Crippen LogP contribution in [0.4, 0.5) is 0 Å². The number of amides is 1. The Bertz CT molecular complexity index is 475. The minimum atomic E-state index is -0.895. The highest BCUT2D eigenvalue weighted by Crippen LogP contribution is 2.38. The molecule has 8 nitrogen and oxygen atoms in total. The summed E-state index contributed by atoms with van der Waals surface area (Å²) in [7, 11) is 0. The van der Waals surface area contributed by atoms with Gasteiger partial charge in [-0.15, -0.1) is 10.2 Å². The van der Waals surface area contributed by atoms with E-state index in [9.17, 15) is 14.7 Å². The predicted octanol–water partition coefficient (Wildman–Crippen LogP) is 0.514. The van der Waals surface area contributed by atoms with Crippen LogP contribution in [0.5, 0.6) is 0 Å². The number of aromatic nitrogens is 4. The van der Waals surface area contributed by atoms with Gasteiger partial charge >= 0.3 is 5.97 Å². The van der Waals surface area contributed by atoms with Gasteiger partial charge in [-0.25, -0.2) is 0 Å². The molecule has 0 aliphatic heterocycles. The highest BCUT2D eigenvalue weighted by Gasteiger charge is 2.42. The number of carbonyl (C=O) groups is 2. The Kier molecular flexibility index (Phi) is 4.31. The molecule has 1 aliphatic rings. The Morgan fingerprint density at radius 3 is 2.70 bits per heavy atom. The predicted molar refractivity (Wildman–Crippen MR) is 68.4 cm³/mol. The molecule has 8 heteroatoms. The molecular weight excluding hydrogens is 262 g/mol. The quantitative estimate of drug-likeness (QED) is 0.723. The first kappa shape index (κ1) is 14.4. The standard InChI is InChI=1S/C12H19N5O3/c1-3-7-4-8(9(5-7)12(19)20)11(18)13-6(2)10-14-16-17-15-10/h6-9H,3-5H2,1-2H3,(H,13,18)(H,19,20)(H,14,15,16,17)/t6?,7?,8-,9+/m0/s1. The molecule has 2 rings (SSSR count). The van der Waals surface area contributed by atoms with Gasteiger partial charge in [0.05, 0.1) is 17.9 Å². The highest BCUT2D eigenvalue weighted by molar-refractivity contribution is 5.85. The van der Waals surface area contributed by atoms with Crippen LogP contribution in [0.15, 0.2) is 0 Å². The summed E-state index contributed by atoms with van der Waals surface area (Å²) in [6.07, 6.45) is 2.09. The molecule has 2 unspecified atom stereocenters. The molecule has 20 heavy (non-hydrogen) atoms. The maximum atomic E-state index is 12.3. The molecule has 1 aromatic heterocycles. The Morgan fingerprint density at radius 1 is 1.45 bits per heavy atom. The van der Waals surface area contributed by atoms with E-state index in [1.165, 1.54) is 0 Å². The molecule has 1 amide bonds. The fraction of sp³-hybridized carbons (Fsp3) is 0.750. The monoisotopic (exact) mass is 281 g/mol. The molecule has 1 aliphatic carbocycles. The second kappa shape index (κ2) is 5.98. The molecule has 110 valence electrons. The van der Waals surface area contributed by atoms with Gasteiger partial charge in [-0.05, 0) is 25.7 Å². The van der Waals surface area contributed by atoms with Gasteiger partial charge in [0.2, 0.25) is 5.91 Å². The summed E-state index contributed by atoms with van der Waals surface area (Å²) < 4.78 is 0. The first-order valence-electron chi connectivity index (χ1n) is 6.79. The van der Waals surface area contributed by atoms with Crippen molar-refractivity contribution in [3.05, 3.63) is 5.82 Å². The van der Waals surface area contributed by atoms with Gasteiger partial charge in [0.1, 0.15) is 0 Å². The van der Waals surface area contributed by atoms with E-state index in [0.717, 1.165) is 6.42 Å². The van der Waals surface area contributed by atoms with Crippen molar-refractivity contribution in [1.82, 2.24) is 25.9 Å². The summed E-state index contributed by atoms with van der Waals surface area (Å²) in [6.45, 7) is 3.76. The molecule has 0 spiro atoms. The summed E-state index contributed by atoms with van der Waals surface area (Å²) >= 11 is 0. The number of tetrazole rings is 1. The zero-order chi connectivity index (χ0) is 14.7. The molecule has 0 radical (unpaired) electrons. The lowest BCUT2D eigenvalue weighted by atomic mass is 9.95. The number of hydrogen-bond acceptors (Lipinski definition) is 5. The summed E-state index contributed by atoms with van der Waals surface area (Å²) in [6, 6.07) is -0.392. The fourth-order valence-electron chi connectivity index (χ4n) is 2.78. The lowest BCUT2D eigenvalue weighted by Gasteiger charge is -2.17. The zero-order valence-corrected chi connectivity index (χ0v) is 11.5. The third kappa shape index (κ3) is 2.94. The number of aliphatic carboxylic acids is 1. The normalized spacial score (nSPS) is 27.2. The Balaban J connectivity index is 2.02. The summed E-state index contributed by atoms with van der Waals surface area (Å²) in [5.41, 5.74) is 0. The minimum absolute atomic E-state index is 0.245. The number of aromatic amines is 1. The SMILES string of the molecule is CCC1C[C@H](C(=O)NC(C)c2nn[nH]n2)[C@H](C(=O)O)C1. The van der Waals surface area contributed by atoms with E-state index in [0.29, 0.717) is 24.6 Å². The second-order valence-corrected chi connectivity index (χ2v) is 5.30. The lowest BCUT2D eigenvalue weighted by molar-refractivity contribution is -0.146. The van der Waals surface area contributed by atoms with Crippen molar-refractivity contribution in [2.24, 2.45) is 17.8 Å². The van der Waals surface area contributed by atoms with Crippen LogP contribution in [0.2, 0.25) is 0 Å². The average Bonchev–Trinajstić information content (AvgIpc) is 3.07. The van der Waals surface area contributed by atoms with Crippen LogP contribution in [0, 0.1) is 17.8 Å². The Hall–Kier alpha value is -1.99. The molecule has 0 aromatic carbocycles. The maximum Gasteiger partial charge on any atom is 0.307 e. The highest BCUT2D eigenvalue weighted by atomic mass is 16.4. The average molecular weight is 281 g/mol. The van der Waals surface area contributed by atoms with Crippen molar-refractivity contribution in [2.75, 3.05) is 0 Å². The van der Waals surface area contributed by atoms with Crippen LogP contribution in [-0.4, -0.2) is 37.6 Å². The van der Waals surface area contributed by atoms with Crippen LogP contribution in [0.25, 0.3) is 0 Å². The largest absolute Gasteiger partial charge is 0.481 e. The third-order valence-corrected chi connectivity index (χ3v) is 4.00. The van der Waals surface area contributed by atoms with Crippen molar-refractivity contribution in [3.8, 4) is 0 Å². The van der Waals surface area contributed by atoms with Crippen molar-refractivity contribution < 1.29 is 14.7 Å². The smallest absolute Gasteiger partial charge is 0.307 e. The minimum Gasteiger partial charge on any atom is -0.481 e. The number of carbonyl (C=O) groups excluding carboxylic acids is 1. The number of hydrogen-bond donors (Lipinski definition) is 3. The molecule has 4 atom stereocenters. The molecule has 1 aromatic rings. The fourth-order valence-corrected chi connectivity index (χ4v) is 2.78. The molecule has 0 saturated heterocycles. The molecule has 1 fully saturated rings. The Morgan fingerprint density at radius 2 is 2.15 bits per heavy atom. The van der Waals surface area contributed by atoms with Crippen LogP contribution in [-0.2, 0) is 9.59 Å². The summed E-state index contributed by atoms with van der Waals surface area (Å²) in [4.78, 5) is 23.5. The van der Waals surface area contributed by atoms with E-state index >= 15 is 0 Å². The van der Waals surface area contributed by atoms with Crippen LogP contribution in [0.3, 0.4) is 0 Å². The van der Waals surface area contributed by atoms with Gasteiger partial charge in [0.15, 0.2) is 5.82 Å². The second-order valence-electron chi connectivity index (χ2n) is 5.30. The van der Waals surface area contributed by atoms with Crippen molar-refractivity contribution >= 4 is 11.9 Å². The van der Waals surface area contributed by atoms with Crippen LogP contribution < -0.4 is 5.32 Å². The Labute approximate surface area is 116 Å². The van der Waals surface area contributed by atoms with E-state index in [2.05, 4.69) is 25.9 Å². The molecule has 3 N–H and O–H groups in total. The number of nitrogens with zero attached hydrogens (tertiary/aromatic N) is 3.